The van der Waals surface area contributed by atoms with Gasteiger partial charge in [0.25, 0.3) is 0 Å². The van der Waals surface area contributed by atoms with Crippen LogP contribution in [-0.2, 0) is 4.79 Å². The van der Waals surface area contributed by atoms with E-state index < -0.39 is 0 Å². The zero-order valence-corrected chi connectivity index (χ0v) is 18.1. The Hall–Kier alpha value is -1.05. The molecule has 0 bridgehead atoms. The van der Waals surface area contributed by atoms with Crippen LogP contribution in [0.1, 0.15) is 89.6 Å². The van der Waals surface area contributed by atoms with E-state index in [1.165, 1.54) is 50.7 Å². The van der Waals surface area contributed by atoms with Crippen molar-refractivity contribution in [2.45, 2.75) is 85.0 Å². The summed E-state index contributed by atoms with van der Waals surface area (Å²) in [7, 11) is 0. The second-order valence-corrected chi connectivity index (χ2v) is 11.8. The van der Waals surface area contributed by atoms with Gasteiger partial charge in [0, 0.05) is 17.8 Å². The number of rotatable bonds is 2. The number of carbonyl (C=O) groups excluding carboxylic acids is 1. The first-order chi connectivity index (χ1) is 13.3. The number of hydrogen-bond acceptors (Lipinski definition) is 2. The summed E-state index contributed by atoms with van der Waals surface area (Å²) in [5, 5.41) is 0. The molecule has 0 amide bonds. The highest BCUT2D eigenvalue weighted by Crippen LogP contribution is 2.80. The summed E-state index contributed by atoms with van der Waals surface area (Å²) in [6.45, 7) is 9.54. The fourth-order valence-corrected chi connectivity index (χ4v) is 9.77. The molecule has 6 rings (SSSR count). The smallest absolute Gasteiger partial charge is 0.140 e. The van der Waals surface area contributed by atoms with E-state index in [0.717, 1.165) is 29.9 Å². The average Bonchev–Trinajstić information content (AvgIpc) is 2.91. The summed E-state index contributed by atoms with van der Waals surface area (Å²) in [4.78, 5) is 13.4. The summed E-state index contributed by atoms with van der Waals surface area (Å²) in [5.41, 5.74) is 0.823. The van der Waals surface area contributed by atoms with Gasteiger partial charge in [0.2, 0.25) is 0 Å². The lowest BCUT2D eigenvalue weighted by atomic mass is 9.45. The average molecular weight is 381 g/mol. The summed E-state index contributed by atoms with van der Waals surface area (Å²) in [6, 6.07) is 4.31. The van der Waals surface area contributed by atoms with Crippen molar-refractivity contribution in [3.8, 4) is 0 Å². The second kappa shape index (κ2) is 5.35. The Morgan fingerprint density at radius 3 is 2.61 bits per heavy atom. The standard InChI is InChI=1S/C26H36O2/c1-15-5-8-22(28-15)16(2)19-6-7-20-18-13-23(27)26-14-17(26)9-12-25(26,4)21(18)10-11-24(19,20)3/h5,8,16-21H,6-7,9-14H2,1-4H3/t16-,17+,18-,19+,20-,21-,24+,25+,26-/m0/s1. The van der Waals surface area contributed by atoms with Crippen molar-refractivity contribution in [3.05, 3.63) is 23.7 Å². The van der Waals surface area contributed by atoms with Gasteiger partial charge in [-0.25, -0.2) is 0 Å². The quantitative estimate of drug-likeness (QED) is 0.584. The van der Waals surface area contributed by atoms with E-state index in [9.17, 15) is 4.79 Å². The molecule has 1 aromatic rings. The van der Waals surface area contributed by atoms with Crippen molar-refractivity contribution < 1.29 is 9.21 Å². The molecule has 5 aliphatic rings. The molecule has 2 heteroatoms. The zero-order chi connectivity index (χ0) is 19.5. The SMILES string of the molecule is Cc1ccc([C@@H](C)[C@H]2CC[C@H]3[C@@H]4CC(=O)[C@]56C[C@H]5CC[C@]6(C)[C@H]4CC[C@]23C)o1. The lowest BCUT2D eigenvalue weighted by Gasteiger charge is -2.58. The third-order valence-corrected chi connectivity index (χ3v) is 11.2. The molecular weight excluding hydrogens is 344 g/mol. The van der Waals surface area contributed by atoms with Gasteiger partial charge in [-0.05, 0) is 104 Å². The number of hydrogen-bond donors (Lipinski definition) is 0. The lowest BCUT2D eigenvalue weighted by molar-refractivity contribution is -0.151. The van der Waals surface area contributed by atoms with E-state index in [-0.39, 0.29) is 5.41 Å². The van der Waals surface area contributed by atoms with Crippen LogP contribution < -0.4 is 0 Å². The van der Waals surface area contributed by atoms with E-state index in [4.69, 9.17) is 4.42 Å². The van der Waals surface area contributed by atoms with Crippen LogP contribution in [0.4, 0.5) is 0 Å². The number of aryl methyl sites for hydroxylation is 1. The Morgan fingerprint density at radius 1 is 1.07 bits per heavy atom. The van der Waals surface area contributed by atoms with Crippen LogP contribution in [0.15, 0.2) is 16.5 Å². The number of furan rings is 1. The van der Waals surface area contributed by atoms with Gasteiger partial charge in [-0.1, -0.05) is 20.8 Å². The molecule has 5 fully saturated rings. The van der Waals surface area contributed by atoms with Crippen molar-refractivity contribution in [1.82, 2.24) is 0 Å². The van der Waals surface area contributed by atoms with Gasteiger partial charge in [0.15, 0.2) is 0 Å². The molecule has 0 N–H and O–H groups in total. The predicted octanol–water partition coefficient (Wildman–Crippen LogP) is 6.53. The van der Waals surface area contributed by atoms with Crippen molar-refractivity contribution >= 4 is 5.78 Å². The predicted molar refractivity (Wildman–Crippen MR) is 110 cm³/mol. The molecule has 5 saturated carbocycles. The van der Waals surface area contributed by atoms with Gasteiger partial charge in [0.05, 0.1) is 0 Å². The van der Waals surface area contributed by atoms with E-state index in [1.54, 1.807) is 0 Å². The minimum Gasteiger partial charge on any atom is -0.466 e. The molecule has 0 unspecified atom stereocenters. The largest absolute Gasteiger partial charge is 0.466 e. The second-order valence-electron chi connectivity index (χ2n) is 11.8. The van der Waals surface area contributed by atoms with Crippen molar-refractivity contribution in [2.24, 2.45) is 45.8 Å². The molecule has 1 spiro atoms. The van der Waals surface area contributed by atoms with E-state index in [1.807, 2.05) is 0 Å². The fraction of sp³-hybridized carbons (Fsp3) is 0.808. The summed E-state index contributed by atoms with van der Waals surface area (Å²) < 4.78 is 6.04. The molecular formula is C26H36O2. The zero-order valence-electron chi connectivity index (χ0n) is 18.1. The van der Waals surface area contributed by atoms with Gasteiger partial charge < -0.3 is 4.42 Å². The van der Waals surface area contributed by atoms with Crippen LogP contribution in [0.2, 0.25) is 0 Å². The molecule has 1 heterocycles. The molecule has 1 aromatic heterocycles. The summed E-state index contributed by atoms with van der Waals surface area (Å²) in [6.07, 6.45) is 10.1. The molecule has 0 aromatic carbocycles. The van der Waals surface area contributed by atoms with Gasteiger partial charge in [0.1, 0.15) is 17.3 Å². The maximum atomic E-state index is 13.4. The topological polar surface area (TPSA) is 30.2 Å². The summed E-state index contributed by atoms with van der Waals surface area (Å²) in [5.74, 6) is 6.99. The molecule has 0 saturated heterocycles. The van der Waals surface area contributed by atoms with Gasteiger partial charge >= 0.3 is 0 Å². The molecule has 28 heavy (non-hydrogen) atoms. The van der Waals surface area contributed by atoms with Crippen LogP contribution in [0, 0.1) is 52.8 Å². The fourth-order valence-electron chi connectivity index (χ4n) is 9.77. The minimum atomic E-state index is 0.124. The maximum absolute atomic E-state index is 13.4. The lowest BCUT2D eigenvalue weighted by Crippen LogP contribution is -2.55. The Labute approximate surface area is 169 Å². The minimum absolute atomic E-state index is 0.124. The molecule has 2 nitrogen and oxygen atoms in total. The van der Waals surface area contributed by atoms with Crippen LogP contribution in [-0.4, -0.2) is 5.78 Å². The summed E-state index contributed by atoms with van der Waals surface area (Å²) >= 11 is 0. The van der Waals surface area contributed by atoms with E-state index in [0.29, 0.717) is 34.4 Å². The van der Waals surface area contributed by atoms with Crippen molar-refractivity contribution in [3.63, 3.8) is 0 Å². The van der Waals surface area contributed by atoms with Gasteiger partial charge in [-0.3, -0.25) is 4.79 Å². The number of Topliss-reactive ketones (excluding diaryl/α,β-unsaturated/α-hetero) is 1. The number of ketones is 1. The molecule has 5 aliphatic carbocycles. The first-order valence-electron chi connectivity index (χ1n) is 11.9. The third kappa shape index (κ3) is 1.89. The highest BCUT2D eigenvalue weighted by molar-refractivity contribution is 5.91. The Morgan fingerprint density at radius 2 is 1.89 bits per heavy atom. The first-order valence-corrected chi connectivity index (χ1v) is 11.9. The van der Waals surface area contributed by atoms with Gasteiger partial charge in [-0.2, -0.15) is 0 Å². The Bertz CT molecular complexity index is 837. The highest BCUT2D eigenvalue weighted by Gasteiger charge is 2.77. The van der Waals surface area contributed by atoms with Crippen LogP contribution in [0.3, 0.4) is 0 Å². The highest BCUT2D eigenvalue weighted by atomic mass is 16.3. The van der Waals surface area contributed by atoms with E-state index >= 15 is 0 Å². The molecule has 9 atom stereocenters. The molecule has 0 radical (unpaired) electrons. The first kappa shape index (κ1) is 17.8. The Balaban J connectivity index is 1.32. The van der Waals surface area contributed by atoms with Crippen LogP contribution in [0.5, 0.6) is 0 Å². The third-order valence-electron chi connectivity index (χ3n) is 11.2. The van der Waals surface area contributed by atoms with E-state index in [2.05, 4.69) is 39.8 Å². The van der Waals surface area contributed by atoms with Crippen LogP contribution in [0.25, 0.3) is 0 Å². The molecule has 152 valence electrons. The monoisotopic (exact) mass is 380 g/mol. The Kier molecular flexibility index (Phi) is 3.40. The van der Waals surface area contributed by atoms with Crippen LogP contribution >= 0.6 is 0 Å². The maximum Gasteiger partial charge on any atom is 0.140 e. The number of carbonyl (C=O) groups is 1. The van der Waals surface area contributed by atoms with Crippen molar-refractivity contribution in [2.75, 3.05) is 0 Å². The number of fused-ring (bicyclic) bond motifs is 4. The molecule has 0 aliphatic heterocycles. The van der Waals surface area contributed by atoms with Crippen molar-refractivity contribution in [1.29, 1.82) is 0 Å². The van der Waals surface area contributed by atoms with Gasteiger partial charge in [-0.15, -0.1) is 0 Å². The normalized spacial score (nSPS) is 52.6.